The van der Waals surface area contributed by atoms with Crippen molar-refractivity contribution in [3.63, 3.8) is 0 Å². The van der Waals surface area contributed by atoms with E-state index in [1.807, 2.05) is 0 Å². The van der Waals surface area contributed by atoms with Crippen LogP contribution >= 0.6 is 21.6 Å². The van der Waals surface area contributed by atoms with Crippen LogP contribution in [0.3, 0.4) is 0 Å². The minimum atomic E-state index is -0.790. The Kier molecular flexibility index (Phi) is 12.6. The maximum Gasteiger partial charge on any atom is 0.304 e. The van der Waals surface area contributed by atoms with E-state index in [1.54, 1.807) is 10.8 Å². The number of aliphatic carboxylic acids is 1. The molecule has 0 aromatic rings. The highest BCUT2D eigenvalue weighted by molar-refractivity contribution is 8.76. The minimum Gasteiger partial charge on any atom is -0.481 e. The lowest BCUT2D eigenvalue weighted by atomic mass is 10.2. The largest absolute Gasteiger partial charge is 0.481 e. The van der Waals surface area contributed by atoms with E-state index in [1.165, 1.54) is 10.8 Å². The van der Waals surface area contributed by atoms with E-state index in [-0.39, 0.29) is 12.3 Å². The molecule has 108 valence electrons. The van der Waals surface area contributed by atoms with E-state index in [0.717, 1.165) is 12.2 Å². The maximum atomic E-state index is 11.3. The Hall–Kier alpha value is -1.05. The summed E-state index contributed by atoms with van der Waals surface area (Å²) in [6.45, 7) is 1.01. The van der Waals surface area contributed by atoms with Crippen molar-refractivity contribution < 1.29 is 14.7 Å². The molecule has 0 saturated carbocycles. The standard InChI is InChI=1S/C10H18N4O3S2/c11-14-13-5-2-1-3-9(15)12-6-8-19-18-7-4-10(16)17/h1-8H2,(H,12,15)(H,16,17). The summed E-state index contributed by atoms with van der Waals surface area (Å²) in [7, 11) is 3.05. The summed E-state index contributed by atoms with van der Waals surface area (Å²) in [6.07, 6.45) is 2.04. The summed E-state index contributed by atoms with van der Waals surface area (Å²) < 4.78 is 0. The van der Waals surface area contributed by atoms with Crippen LogP contribution in [-0.2, 0) is 9.59 Å². The Morgan fingerprint density at radius 3 is 2.63 bits per heavy atom. The molecule has 0 aromatic carbocycles. The van der Waals surface area contributed by atoms with Gasteiger partial charge in [0.1, 0.15) is 0 Å². The third-order valence-electron chi connectivity index (χ3n) is 1.97. The average Bonchev–Trinajstić information content (AvgIpc) is 2.37. The number of nitrogens with zero attached hydrogens (tertiary/aromatic N) is 3. The number of carboxylic acids is 1. The molecule has 0 aliphatic carbocycles. The van der Waals surface area contributed by atoms with Crippen molar-refractivity contribution in [2.75, 3.05) is 24.6 Å². The number of carbonyl (C=O) groups excluding carboxylic acids is 1. The number of rotatable bonds is 12. The van der Waals surface area contributed by atoms with Crippen molar-refractivity contribution in [3.8, 4) is 0 Å². The van der Waals surface area contributed by atoms with E-state index >= 15 is 0 Å². The number of azide groups is 1. The zero-order chi connectivity index (χ0) is 14.3. The van der Waals surface area contributed by atoms with Crippen LogP contribution in [0.2, 0.25) is 0 Å². The second kappa shape index (κ2) is 13.4. The van der Waals surface area contributed by atoms with Crippen LogP contribution in [0.25, 0.3) is 10.4 Å². The molecule has 2 N–H and O–H groups in total. The first kappa shape index (κ1) is 17.9. The van der Waals surface area contributed by atoms with Gasteiger partial charge in [-0.1, -0.05) is 26.7 Å². The molecule has 0 aliphatic rings. The van der Waals surface area contributed by atoms with Crippen LogP contribution in [0.1, 0.15) is 25.7 Å². The normalized spacial score (nSPS) is 9.68. The first-order valence-electron chi connectivity index (χ1n) is 5.90. The van der Waals surface area contributed by atoms with Gasteiger partial charge in [-0.2, -0.15) is 0 Å². The van der Waals surface area contributed by atoms with E-state index in [2.05, 4.69) is 15.3 Å². The van der Waals surface area contributed by atoms with Crippen molar-refractivity contribution in [2.45, 2.75) is 25.7 Å². The lowest BCUT2D eigenvalue weighted by Crippen LogP contribution is -2.25. The summed E-state index contributed by atoms with van der Waals surface area (Å²) in [4.78, 5) is 24.2. The Morgan fingerprint density at radius 2 is 1.95 bits per heavy atom. The number of amides is 1. The highest BCUT2D eigenvalue weighted by Gasteiger charge is 2.01. The number of unbranched alkanes of at least 4 members (excludes halogenated alkanes) is 1. The van der Waals surface area contributed by atoms with Gasteiger partial charge in [-0.25, -0.2) is 0 Å². The number of hydrogen-bond acceptors (Lipinski definition) is 5. The second-order valence-electron chi connectivity index (χ2n) is 3.55. The lowest BCUT2D eigenvalue weighted by molar-refractivity contribution is -0.136. The first-order chi connectivity index (χ1) is 9.16. The SMILES string of the molecule is [N-]=[N+]=NCCCCC(=O)NCCSSCCC(=O)O. The van der Waals surface area contributed by atoms with Crippen molar-refractivity contribution in [1.82, 2.24) is 5.32 Å². The Morgan fingerprint density at radius 1 is 1.21 bits per heavy atom. The third kappa shape index (κ3) is 14.9. The molecule has 0 unspecified atom stereocenters. The molecule has 1 amide bonds. The first-order valence-corrected chi connectivity index (χ1v) is 8.39. The summed E-state index contributed by atoms with van der Waals surface area (Å²) in [6, 6.07) is 0. The summed E-state index contributed by atoms with van der Waals surface area (Å²) in [5.74, 6) is 0.543. The number of hydrogen-bond donors (Lipinski definition) is 2. The predicted molar refractivity (Wildman–Crippen MR) is 78.0 cm³/mol. The molecule has 0 saturated heterocycles. The van der Waals surface area contributed by atoms with Gasteiger partial charge in [-0.3, -0.25) is 9.59 Å². The fourth-order valence-electron chi connectivity index (χ4n) is 1.08. The molecule has 0 aliphatic heterocycles. The van der Waals surface area contributed by atoms with Gasteiger partial charge in [0.05, 0.1) is 6.42 Å². The zero-order valence-corrected chi connectivity index (χ0v) is 12.2. The zero-order valence-electron chi connectivity index (χ0n) is 10.6. The average molecular weight is 306 g/mol. The van der Waals surface area contributed by atoms with E-state index in [4.69, 9.17) is 10.6 Å². The van der Waals surface area contributed by atoms with Crippen LogP contribution in [0.5, 0.6) is 0 Å². The lowest BCUT2D eigenvalue weighted by Gasteiger charge is -2.04. The quantitative estimate of drug-likeness (QED) is 0.189. The molecule has 0 bridgehead atoms. The van der Waals surface area contributed by atoms with E-state index < -0.39 is 5.97 Å². The molecule has 0 rings (SSSR count). The minimum absolute atomic E-state index is 0.00271. The van der Waals surface area contributed by atoms with Crippen molar-refractivity contribution in [2.24, 2.45) is 5.11 Å². The topological polar surface area (TPSA) is 115 Å². The van der Waals surface area contributed by atoms with Gasteiger partial charge in [0.15, 0.2) is 0 Å². The molecule has 0 atom stereocenters. The smallest absolute Gasteiger partial charge is 0.304 e. The molecule has 0 spiro atoms. The van der Waals surface area contributed by atoms with Crippen molar-refractivity contribution in [3.05, 3.63) is 10.4 Å². The van der Waals surface area contributed by atoms with Crippen LogP contribution < -0.4 is 5.32 Å². The van der Waals surface area contributed by atoms with Crippen LogP contribution in [0.4, 0.5) is 0 Å². The van der Waals surface area contributed by atoms with E-state index in [0.29, 0.717) is 31.7 Å². The monoisotopic (exact) mass is 306 g/mol. The van der Waals surface area contributed by atoms with Crippen molar-refractivity contribution >= 4 is 33.5 Å². The van der Waals surface area contributed by atoms with Gasteiger partial charge in [0.25, 0.3) is 0 Å². The van der Waals surface area contributed by atoms with Gasteiger partial charge in [0.2, 0.25) is 5.91 Å². The number of carboxylic acid groups (broad SMARTS) is 1. The second-order valence-corrected chi connectivity index (χ2v) is 6.25. The molecule has 9 heteroatoms. The molecule has 0 fully saturated rings. The molecule has 7 nitrogen and oxygen atoms in total. The van der Waals surface area contributed by atoms with Gasteiger partial charge < -0.3 is 10.4 Å². The summed E-state index contributed by atoms with van der Waals surface area (Å²) in [5.41, 5.74) is 8.05. The third-order valence-corrected chi connectivity index (χ3v) is 4.37. The molecule has 19 heavy (non-hydrogen) atoms. The summed E-state index contributed by atoms with van der Waals surface area (Å²) in [5, 5.41) is 14.6. The fourth-order valence-corrected chi connectivity index (χ4v) is 2.97. The molecular formula is C10H18N4O3S2. The van der Waals surface area contributed by atoms with Gasteiger partial charge in [0, 0.05) is 35.9 Å². The highest BCUT2D eigenvalue weighted by Crippen LogP contribution is 2.20. The number of nitrogens with one attached hydrogen (secondary N) is 1. The highest BCUT2D eigenvalue weighted by atomic mass is 33.1. The Balaban J connectivity index is 3.24. The van der Waals surface area contributed by atoms with Gasteiger partial charge in [-0.05, 0) is 18.4 Å². The summed E-state index contributed by atoms with van der Waals surface area (Å²) >= 11 is 0. The number of carbonyl (C=O) groups is 2. The maximum absolute atomic E-state index is 11.3. The van der Waals surface area contributed by atoms with E-state index in [9.17, 15) is 9.59 Å². The molecule has 0 heterocycles. The van der Waals surface area contributed by atoms with Crippen LogP contribution in [-0.4, -0.2) is 41.6 Å². The Bertz CT molecular complexity index is 322. The van der Waals surface area contributed by atoms with Gasteiger partial charge >= 0.3 is 5.97 Å². The van der Waals surface area contributed by atoms with Crippen molar-refractivity contribution in [1.29, 1.82) is 0 Å². The Labute approximate surface area is 119 Å². The molecular weight excluding hydrogens is 288 g/mol. The van der Waals surface area contributed by atoms with Gasteiger partial charge in [-0.15, -0.1) is 0 Å². The predicted octanol–water partition coefficient (Wildman–Crippen LogP) is 2.44. The van der Waals surface area contributed by atoms with Crippen LogP contribution in [0, 0.1) is 0 Å². The molecule has 0 aromatic heterocycles. The van der Waals surface area contributed by atoms with Crippen LogP contribution in [0.15, 0.2) is 5.11 Å². The molecule has 0 radical (unpaired) electrons. The fraction of sp³-hybridized carbons (Fsp3) is 0.800.